The lowest BCUT2D eigenvalue weighted by molar-refractivity contribution is 0.137. The molecule has 4 rings (SSSR count). The second-order valence-corrected chi connectivity index (χ2v) is 9.61. The lowest BCUT2D eigenvalue weighted by atomic mass is 9.85. The summed E-state index contributed by atoms with van der Waals surface area (Å²) in [7, 11) is 1.92. The van der Waals surface area contributed by atoms with Gasteiger partial charge in [-0.25, -0.2) is 4.68 Å². The van der Waals surface area contributed by atoms with Crippen molar-refractivity contribution >= 4 is 11.3 Å². The number of likely N-dealkylation sites (tertiary alicyclic amines) is 1. The Morgan fingerprint density at radius 2 is 2.13 bits per heavy atom. The van der Waals surface area contributed by atoms with Crippen LogP contribution in [0.2, 0.25) is 0 Å². The number of hydrogen-bond acceptors (Lipinski definition) is 6. The van der Waals surface area contributed by atoms with E-state index in [1.807, 2.05) is 40.1 Å². The number of piperidine rings is 1. The minimum absolute atomic E-state index is 0.236. The zero-order chi connectivity index (χ0) is 21.1. The van der Waals surface area contributed by atoms with Gasteiger partial charge in [0.15, 0.2) is 0 Å². The molecule has 1 aliphatic rings. The Labute approximate surface area is 182 Å². The van der Waals surface area contributed by atoms with E-state index in [9.17, 15) is 5.11 Å². The lowest BCUT2D eigenvalue weighted by Crippen LogP contribution is -2.39. The van der Waals surface area contributed by atoms with Crippen LogP contribution in [0.25, 0.3) is 0 Å². The van der Waals surface area contributed by atoms with Gasteiger partial charge in [-0.3, -0.25) is 9.58 Å². The van der Waals surface area contributed by atoms with Gasteiger partial charge in [0.05, 0.1) is 24.6 Å². The monoisotopic (exact) mass is 428 g/mol. The Morgan fingerprint density at radius 3 is 2.83 bits per heavy atom. The highest BCUT2D eigenvalue weighted by Crippen LogP contribution is 2.38. The molecule has 0 aliphatic carbocycles. The van der Waals surface area contributed by atoms with Crippen molar-refractivity contribution in [2.24, 2.45) is 7.05 Å². The highest BCUT2D eigenvalue weighted by Gasteiger charge is 2.29. The first kappa shape index (κ1) is 21.2. The normalized spacial score (nSPS) is 20.1. The molecule has 0 bridgehead atoms. The van der Waals surface area contributed by atoms with Gasteiger partial charge in [0.1, 0.15) is 0 Å². The molecule has 2 atom stereocenters. The van der Waals surface area contributed by atoms with E-state index in [1.165, 1.54) is 15.3 Å². The minimum atomic E-state index is 0.236. The van der Waals surface area contributed by atoms with Crippen LogP contribution in [-0.2, 0) is 33.0 Å². The Bertz CT molecular complexity index is 961. The van der Waals surface area contributed by atoms with E-state index in [0.717, 1.165) is 50.0 Å². The van der Waals surface area contributed by atoms with Crippen LogP contribution in [-0.4, -0.2) is 54.0 Å². The van der Waals surface area contributed by atoms with E-state index in [-0.39, 0.29) is 6.61 Å². The summed E-state index contributed by atoms with van der Waals surface area (Å²) in [6, 6.07) is 2.89. The Balaban J connectivity index is 1.37. The van der Waals surface area contributed by atoms with Gasteiger partial charge < -0.3 is 5.11 Å². The highest BCUT2D eigenvalue weighted by atomic mass is 32.1. The van der Waals surface area contributed by atoms with Crippen LogP contribution in [0.15, 0.2) is 24.7 Å². The largest absolute Gasteiger partial charge is 0.396 e. The number of aliphatic hydroxyl groups excluding tert-OH is 1. The molecule has 1 aliphatic heterocycles. The van der Waals surface area contributed by atoms with Gasteiger partial charge in [-0.2, -0.15) is 5.10 Å². The number of aryl methyl sites for hydroxylation is 2. The number of hydrogen-bond donors (Lipinski definition) is 1. The summed E-state index contributed by atoms with van der Waals surface area (Å²) < 4.78 is 3.70. The van der Waals surface area contributed by atoms with Crippen molar-refractivity contribution in [2.75, 3.05) is 13.2 Å². The number of aliphatic hydroxyl groups is 1. The maximum atomic E-state index is 9.46. The molecule has 0 aromatic carbocycles. The number of aromatic nitrogens is 5. The first-order valence-corrected chi connectivity index (χ1v) is 11.7. The van der Waals surface area contributed by atoms with Gasteiger partial charge in [0.2, 0.25) is 0 Å². The van der Waals surface area contributed by atoms with Crippen molar-refractivity contribution in [2.45, 2.75) is 64.6 Å². The average Bonchev–Trinajstić information content (AvgIpc) is 3.45. The van der Waals surface area contributed by atoms with Gasteiger partial charge in [-0.15, -0.1) is 16.4 Å². The molecule has 8 heteroatoms. The van der Waals surface area contributed by atoms with Gasteiger partial charge in [-0.1, -0.05) is 12.1 Å². The van der Waals surface area contributed by atoms with Crippen LogP contribution in [0.5, 0.6) is 0 Å². The summed E-state index contributed by atoms with van der Waals surface area (Å²) in [4.78, 5) is 5.35. The molecule has 0 amide bonds. The minimum Gasteiger partial charge on any atom is -0.396 e. The van der Waals surface area contributed by atoms with Crippen molar-refractivity contribution in [3.63, 3.8) is 0 Å². The molecule has 162 valence electrons. The van der Waals surface area contributed by atoms with Crippen LogP contribution in [0.3, 0.4) is 0 Å². The zero-order valence-corrected chi connectivity index (χ0v) is 19.0. The summed E-state index contributed by atoms with van der Waals surface area (Å²) in [5.74, 6) is 0.593. The molecule has 4 heterocycles. The van der Waals surface area contributed by atoms with Crippen molar-refractivity contribution in [3.05, 3.63) is 51.2 Å². The quantitative estimate of drug-likeness (QED) is 0.597. The Hall–Kier alpha value is -2.03. The summed E-state index contributed by atoms with van der Waals surface area (Å²) in [6.07, 6.45) is 10.1. The number of thiophene rings is 1. The van der Waals surface area contributed by atoms with E-state index in [1.54, 1.807) is 0 Å². The van der Waals surface area contributed by atoms with Crippen molar-refractivity contribution < 1.29 is 5.11 Å². The molecule has 3 aromatic rings. The Kier molecular flexibility index (Phi) is 6.65. The van der Waals surface area contributed by atoms with Crippen LogP contribution in [0.4, 0.5) is 0 Å². The van der Waals surface area contributed by atoms with Gasteiger partial charge in [0.25, 0.3) is 0 Å². The molecule has 0 radical (unpaired) electrons. The average molecular weight is 429 g/mol. The standard InChI is InChI=1S/C22H32N6OS/c1-4-20-10-21(22(30-20)6-8-29)18-5-7-27(16(2)9-18)14-19-15-28(25-24-19)13-17-11-23-26(3)12-17/h10-12,15-16,18,29H,4-9,13-14H2,1-3H3/t16-,18?/m0/s1. The first-order valence-electron chi connectivity index (χ1n) is 10.9. The van der Waals surface area contributed by atoms with E-state index >= 15 is 0 Å². The molecule has 7 nitrogen and oxygen atoms in total. The van der Waals surface area contributed by atoms with Crippen molar-refractivity contribution in [1.29, 1.82) is 0 Å². The molecular weight excluding hydrogens is 396 g/mol. The van der Waals surface area contributed by atoms with Gasteiger partial charge >= 0.3 is 0 Å². The SMILES string of the molecule is CCc1cc(C2CCN(Cc3cn(Cc4cnn(C)c4)nn3)[C@@H](C)C2)c(CCO)s1. The molecule has 3 aromatic heterocycles. The van der Waals surface area contributed by atoms with Crippen LogP contribution >= 0.6 is 11.3 Å². The zero-order valence-electron chi connectivity index (χ0n) is 18.2. The topological polar surface area (TPSA) is 72.0 Å². The smallest absolute Gasteiger partial charge is 0.0967 e. The number of nitrogens with zero attached hydrogens (tertiary/aromatic N) is 6. The van der Waals surface area contributed by atoms with Crippen LogP contribution in [0.1, 0.15) is 59.2 Å². The molecular formula is C22H32N6OS. The molecule has 0 saturated carbocycles. The molecule has 1 N–H and O–H groups in total. The molecule has 30 heavy (non-hydrogen) atoms. The van der Waals surface area contributed by atoms with E-state index < -0.39 is 0 Å². The van der Waals surface area contributed by atoms with Crippen molar-refractivity contribution in [1.82, 2.24) is 29.7 Å². The third-order valence-electron chi connectivity index (χ3n) is 6.09. The lowest BCUT2D eigenvalue weighted by Gasteiger charge is -2.37. The Morgan fingerprint density at radius 1 is 1.27 bits per heavy atom. The fraction of sp³-hybridized carbons (Fsp3) is 0.591. The van der Waals surface area contributed by atoms with Gasteiger partial charge in [0, 0.05) is 54.2 Å². The fourth-order valence-corrected chi connectivity index (χ4v) is 5.68. The maximum absolute atomic E-state index is 9.46. The fourth-order valence-electron chi connectivity index (χ4n) is 4.49. The second kappa shape index (κ2) is 9.41. The molecule has 1 fully saturated rings. The third kappa shape index (κ3) is 4.82. The van der Waals surface area contributed by atoms with Crippen molar-refractivity contribution in [3.8, 4) is 0 Å². The first-order chi connectivity index (χ1) is 14.6. The predicted molar refractivity (Wildman–Crippen MR) is 119 cm³/mol. The summed E-state index contributed by atoms with van der Waals surface area (Å²) >= 11 is 1.89. The maximum Gasteiger partial charge on any atom is 0.0967 e. The van der Waals surface area contributed by atoms with Crippen LogP contribution < -0.4 is 0 Å². The predicted octanol–water partition coefficient (Wildman–Crippen LogP) is 2.99. The second-order valence-electron chi connectivity index (χ2n) is 8.39. The molecule has 1 unspecified atom stereocenters. The number of rotatable bonds is 8. The van der Waals surface area contributed by atoms with E-state index in [4.69, 9.17) is 0 Å². The van der Waals surface area contributed by atoms with Gasteiger partial charge in [-0.05, 0) is 50.3 Å². The summed E-state index contributed by atoms with van der Waals surface area (Å²) in [5.41, 5.74) is 3.64. The molecule has 0 spiro atoms. The highest BCUT2D eigenvalue weighted by molar-refractivity contribution is 7.12. The summed E-state index contributed by atoms with van der Waals surface area (Å²) in [5, 5.41) is 22.4. The van der Waals surface area contributed by atoms with E-state index in [0.29, 0.717) is 18.5 Å². The van der Waals surface area contributed by atoms with Crippen LogP contribution in [0, 0.1) is 0 Å². The van der Waals surface area contributed by atoms with E-state index in [2.05, 4.69) is 46.4 Å². The summed E-state index contributed by atoms with van der Waals surface area (Å²) in [6.45, 7) is 7.38. The third-order valence-corrected chi connectivity index (χ3v) is 7.44. The molecule has 1 saturated heterocycles.